The third-order valence-electron chi connectivity index (χ3n) is 1.71. The van der Waals surface area contributed by atoms with Gasteiger partial charge in [-0.2, -0.15) is 4.98 Å². The first-order valence-electron chi connectivity index (χ1n) is 3.90. The molecular weight excluding hydrogens is 240 g/mol. The molecule has 0 aliphatic carbocycles. The first-order chi connectivity index (χ1) is 7.09. The molecule has 2 aromatic heterocycles. The van der Waals surface area contributed by atoms with Crippen molar-refractivity contribution in [2.45, 2.75) is 6.92 Å². The van der Waals surface area contributed by atoms with Crippen molar-refractivity contribution in [2.24, 2.45) is 0 Å². The van der Waals surface area contributed by atoms with Crippen molar-refractivity contribution in [1.29, 1.82) is 0 Å². The average Bonchev–Trinajstić information content (AvgIpc) is 2.76. The highest BCUT2D eigenvalue weighted by atomic mass is 35.5. The van der Waals surface area contributed by atoms with Gasteiger partial charge in [-0.25, -0.2) is 4.79 Å². The Morgan fingerprint density at radius 2 is 2.40 bits per heavy atom. The maximum atomic E-state index is 10.5. The molecule has 0 atom stereocenters. The number of rotatable bonds is 2. The summed E-state index contributed by atoms with van der Waals surface area (Å²) < 4.78 is 4.79. The van der Waals surface area contributed by atoms with Crippen molar-refractivity contribution in [2.75, 3.05) is 0 Å². The minimum Gasteiger partial charge on any atom is -0.475 e. The molecule has 2 aromatic rings. The fourth-order valence-corrected chi connectivity index (χ4v) is 2.17. The largest absolute Gasteiger partial charge is 0.475 e. The van der Waals surface area contributed by atoms with E-state index in [1.807, 2.05) is 12.3 Å². The van der Waals surface area contributed by atoms with Crippen LogP contribution in [0.1, 0.15) is 16.2 Å². The molecule has 2 rings (SSSR count). The summed E-state index contributed by atoms with van der Waals surface area (Å²) in [6, 6.07) is 0. The van der Waals surface area contributed by atoms with Gasteiger partial charge in [-0.3, -0.25) is 0 Å². The molecule has 0 aliphatic heterocycles. The van der Waals surface area contributed by atoms with Gasteiger partial charge in [0.15, 0.2) is 0 Å². The van der Waals surface area contributed by atoms with Crippen LogP contribution in [0.3, 0.4) is 0 Å². The van der Waals surface area contributed by atoms with E-state index < -0.39 is 5.97 Å². The monoisotopic (exact) mass is 244 g/mol. The van der Waals surface area contributed by atoms with Crippen LogP contribution in [-0.2, 0) is 0 Å². The highest BCUT2D eigenvalue weighted by Gasteiger charge is 2.18. The van der Waals surface area contributed by atoms with Crippen molar-refractivity contribution < 1.29 is 14.4 Å². The molecule has 0 bridgehead atoms. The molecule has 0 saturated heterocycles. The van der Waals surface area contributed by atoms with Crippen LogP contribution in [0.4, 0.5) is 0 Å². The van der Waals surface area contributed by atoms with Crippen molar-refractivity contribution >= 4 is 28.9 Å². The van der Waals surface area contributed by atoms with Crippen LogP contribution in [0.2, 0.25) is 5.02 Å². The summed E-state index contributed by atoms with van der Waals surface area (Å²) in [5.41, 5.74) is 0.895. The second-order valence-electron chi connectivity index (χ2n) is 2.79. The van der Waals surface area contributed by atoms with E-state index in [-0.39, 0.29) is 11.7 Å². The highest BCUT2D eigenvalue weighted by Crippen LogP contribution is 2.35. The Bertz CT molecular complexity index is 520. The molecule has 0 unspecified atom stereocenters. The Balaban J connectivity index is 2.46. The molecule has 0 fully saturated rings. The standard InChI is InChI=1S/C8H5ClN2O3S/c1-3-2-15-5(4(3)9)7-10-6(8(12)13)11-14-7/h2H,1H3,(H,12,13). The quantitative estimate of drug-likeness (QED) is 0.878. The minimum atomic E-state index is -1.23. The number of carboxylic acid groups (broad SMARTS) is 1. The number of hydrogen-bond acceptors (Lipinski definition) is 5. The SMILES string of the molecule is Cc1csc(-c2nc(C(=O)O)no2)c1Cl. The summed E-state index contributed by atoms with van der Waals surface area (Å²) in [6.07, 6.45) is 0. The Morgan fingerprint density at radius 3 is 2.87 bits per heavy atom. The predicted molar refractivity (Wildman–Crippen MR) is 54.3 cm³/mol. The van der Waals surface area contributed by atoms with Crippen LogP contribution < -0.4 is 0 Å². The lowest BCUT2D eigenvalue weighted by Crippen LogP contribution is -1.98. The summed E-state index contributed by atoms with van der Waals surface area (Å²) in [4.78, 5) is 14.8. The van der Waals surface area contributed by atoms with E-state index in [1.54, 1.807) is 0 Å². The number of aryl methyl sites for hydroxylation is 1. The van der Waals surface area contributed by atoms with Gasteiger partial charge in [0.2, 0.25) is 0 Å². The molecule has 5 nitrogen and oxygen atoms in total. The van der Waals surface area contributed by atoms with Gasteiger partial charge >= 0.3 is 5.97 Å². The zero-order valence-electron chi connectivity index (χ0n) is 7.52. The summed E-state index contributed by atoms with van der Waals surface area (Å²) in [7, 11) is 0. The number of nitrogens with zero attached hydrogens (tertiary/aromatic N) is 2. The van der Waals surface area contributed by atoms with Gasteiger partial charge in [0, 0.05) is 0 Å². The molecule has 0 aliphatic rings. The molecule has 7 heteroatoms. The van der Waals surface area contributed by atoms with Crippen LogP contribution in [-0.4, -0.2) is 21.2 Å². The van der Waals surface area contributed by atoms with E-state index >= 15 is 0 Å². The third kappa shape index (κ3) is 1.73. The van der Waals surface area contributed by atoms with Gasteiger partial charge in [-0.15, -0.1) is 11.3 Å². The minimum absolute atomic E-state index is 0.135. The van der Waals surface area contributed by atoms with Crippen LogP contribution in [0, 0.1) is 6.92 Å². The first-order valence-corrected chi connectivity index (χ1v) is 5.16. The van der Waals surface area contributed by atoms with Crippen LogP contribution in [0.25, 0.3) is 10.8 Å². The zero-order valence-corrected chi connectivity index (χ0v) is 9.09. The number of halogens is 1. The van der Waals surface area contributed by atoms with E-state index in [0.717, 1.165) is 5.56 Å². The Kier molecular flexibility index (Phi) is 2.45. The molecule has 0 spiro atoms. The Hall–Kier alpha value is -1.40. The summed E-state index contributed by atoms with van der Waals surface area (Å²) in [6.45, 7) is 1.84. The van der Waals surface area contributed by atoms with E-state index in [2.05, 4.69) is 10.1 Å². The van der Waals surface area contributed by atoms with Gasteiger partial charge in [0.05, 0.1) is 5.02 Å². The molecule has 2 heterocycles. The van der Waals surface area contributed by atoms with Crippen molar-refractivity contribution in [3.63, 3.8) is 0 Å². The second kappa shape index (κ2) is 3.63. The second-order valence-corrected chi connectivity index (χ2v) is 4.05. The van der Waals surface area contributed by atoms with Gasteiger partial charge in [-0.1, -0.05) is 11.6 Å². The van der Waals surface area contributed by atoms with Crippen LogP contribution in [0.15, 0.2) is 9.90 Å². The molecule has 0 aromatic carbocycles. The van der Waals surface area contributed by atoms with Crippen molar-refractivity contribution in [3.05, 3.63) is 21.8 Å². The zero-order chi connectivity index (χ0) is 11.0. The fourth-order valence-electron chi connectivity index (χ4n) is 0.977. The molecule has 15 heavy (non-hydrogen) atoms. The fraction of sp³-hybridized carbons (Fsp3) is 0.125. The molecule has 0 saturated carbocycles. The molecule has 0 amide bonds. The maximum Gasteiger partial charge on any atom is 0.377 e. The van der Waals surface area contributed by atoms with Crippen LogP contribution >= 0.6 is 22.9 Å². The first kappa shape index (κ1) is 10.1. The van der Waals surface area contributed by atoms with Crippen molar-refractivity contribution in [3.8, 4) is 10.8 Å². The Labute approximate surface area is 93.3 Å². The average molecular weight is 245 g/mol. The summed E-state index contributed by atoms with van der Waals surface area (Å²) in [5.74, 6) is -1.46. The number of hydrogen-bond donors (Lipinski definition) is 1. The number of aromatic nitrogens is 2. The number of carboxylic acids is 1. The lowest BCUT2D eigenvalue weighted by atomic mass is 10.3. The van der Waals surface area contributed by atoms with Gasteiger partial charge in [0.25, 0.3) is 11.7 Å². The van der Waals surface area contributed by atoms with Crippen molar-refractivity contribution in [1.82, 2.24) is 10.1 Å². The normalized spacial score (nSPS) is 10.5. The predicted octanol–water partition coefficient (Wildman–Crippen LogP) is 2.46. The summed E-state index contributed by atoms with van der Waals surface area (Å²) >= 11 is 7.30. The van der Waals surface area contributed by atoms with E-state index in [9.17, 15) is 4.79 Å². The lowest BCUT2D eigenvalue weighted by molar-refractivity contribution is 0.0680. The maximum absolute atomic E-state index is 10.5. The Morgan fingerprint density at radius 1 is 1.67 bits per heavy atom. The highest BCUT2D eigenvalue weighted by molar-refractivity contribution is 7.14. The number of aromatic carboxylic acids is 1. The third-order valence-corrected chi connectivity index (χ3v) is 3.40. The topological polar surface area (TPSA) is 76.2 Å². The number of carbonyl (C=O) groups is 1. The van der Waals surface area contributed by atoms with Gasteiger partial charge in [0.1, 0.15) is 4.88 Å². The van der Waals surface area contributed by atoms with Crippen LogP contribution in [0.5, 0.6) is 0 Å². The van der Waals surface area contributed by atoms with Gasteiger partial charge < -0.3 is 9.63 Å². The van der Waals surface area contributed by atoms with E-state index in [0.29, 0.717) is 9.90 Å². The van der Waals surface area contributed by atoms with Gasteiger partial charge in [-0.05, 0) is 23.0 Å². The molecule has 78 valence electrons. The van der Waals surface area contributed by atoms with E-state index in [4.69, 9.17) is 21.2 Å². The molecule has 1 N–H and O–H groups in total. The number of thiophene rings is 1. The molecular formula is C8H5ClN2O3S. The smallest absolute Gasteiger partial charge is 0.377 e. The summed E-state index contributed by atoms with van der Waals surface area (Å²) in [5, 5.41) is 14.3. The lowest BCUT2D eigenvalue weighted by Gasteiger charge is -1.88. The molecule has 0 radical (unpaired) electrons. The van der Waals surface area contributed by atoms with E-state index in [1.165, 1.54) is 11.3 Å².